The summed E-state index contributed by atoms with van der Waals surface area (Å²) in [6, 6.07) is 10.3. The van der Waals surface area contributed by atoms with E-state index in [1.165, 1.54) is 35.2 Å². The van der Waals surface area contributed by atoms with Crippen LogP contribution in [0.4, 0.5) is 20.4 Å². The van der Waals surface area contributed by atoms with Gasteiger partial charge in [-0.1, -0.05) is 18.2 Å². The lowest BCUT2D eigenvalue weighted by atomic mass is 9.84. The zero-order chi connectivity index (χ0) is 30.7. The van der Waals surface area contributed by atoms with Crippen molar-refractivity contribution < 1.29 is 27.9 Å². The summed E-state index contributed by atoms with van der Waals surface area (Å²) in [5.74, 6) is -2.08. The van der Waals surface area contributed by atoms with Gasteiger partial charge >= 0.3 is 5.97 Å². The van der Waals surface area contributed by atoms with Crippen molar-refractivity contribution in [1.82, 2.24) is 24.7 Å². The number of anilines is 2. The number of amides is 1. The van der Waals surface area contributed by atoms with Crippen molar-refractivity contribution in [2.24, 2.45) is 5.41 Å². The molecule has 5 aromatic rings. The number of nitrogens with two attached hydrogens (primary N) is 1. The number of carboxylic acids is 1. The minimum Gasteiger partial charge on any atom is -0.481 e. The quantitative estimate of drug-likeness (QED) is 0.234. The Morgan fingerprint density at radius 2 is 1.93 bits per heavy atom. The molecule has 0 saturated heterocycles. The molecule has 3 aromatic heterocycles. The van der Waals surface area contributed by atoms with E-state index in [1.807, 2.05) is 0 Å². The molecule has 43 heavy (non-hydrogen) atoms. The highest BCUT2D eigenvalue weighted by atomic mass is 19.1. The number of aliphatic carboxylic acids is 1. The first-order valence-electron chi connectivity index (χ1n) is 13.5. The zero-order valence-corrected chi connectivity index (χ0v) is 23.5. The molecule has 4 heterocycles. The number of aromatic nitrogens is 5. The number of rotatable bonds is 8. The SMILES string of the molecule is CC(C)(CCc1coc(C2(C)C(=O)Nc3nc(-c4nn(Cc5ccccc5F)c5cc(F)ccc45)nc(N)c32)n1)C(=O)O. The molecule has 1 unspecified atom stereocenters. The van der Waals surface area contributed by atoms with Crippen LogP contribution in [-0.4, -0.2) is 41.7 Å². The predicted molar refractivity (Wildman–Crippen MR) is 152 cm³/mol. The van der Waals surface area contributed by atoms with Crippen LogP contribution in [0.25, 0.3) is 22.4 Å². The van der Waals surface area contributed by atoms with Crippen molar-refractivity contribution in [1.29, 1.82) is 0 Å². The normalized spacial score (nSPS) is 16.4. The van der Waals surface area contributed by atoms with Gasteiger partial charge in [0.25, 0.3) is 0 Å². The number of nitrogens with zero attached hydrogens (tertiary/aromatic N) is 5. The van der Waals surface area contributed by atoms with Crippen LogP contribution in [0.2, 0.25) is 0 Å². The molecule has 11 nitrogen and oxygen atoms in total. The highest BCUT2D eigenvalue weighted by molar-refractivity contribution is 6.08. The molecule has 1 amide bonds. The van der Waals surface area contributed by atoms with Gasteiger partial charge in [0.05, 0.1) is 28.7 Å². The van der Waals surface area contributed by atoms with Gasteiger partial charge in [0.15, 0.2) is 11.2 Å². The van der Waals surface area contributed by atoms with Gasteiger partial charge in [0.1, 0.15) is 35.2 Å². The number of hydrogen-bond acceptors (Lipinski definition) is 8. The minimum absolute atomic E-state index is 0.0217. The van der Waals surface area contributed by atoms with E-state index in [9.17, 15) is 23.5 Å². The average molecular weight is 588 g/mol. The predicted octanol–water partition coefficient (Wildman–Crippen LogP) is 4.69. The van der Waals surface area contributed by atoms with Crippen molar-refractivity contribution in [2.45, 2.75) is 45.6 Å². The van der Waals surface area contributed by atoms with Crippen LogP contribution < -0.4 is 11.1 Å². The second kappa shape index (κ2) is 9.96. The number of hydrogen-bond donors (Lipinski definition) is 3. The maximum atomic E-state index is 14.4. The van der Waals surface area contributed by atoms with Gasteiger partial charge in [-0.2, -0.15) is 5.10 Å². The van der Waals surface area contributed by atoms with Crippen molar-refractivity contribution in [3.05, 3.63) is 83.1 Å². The summed E-state index contributed by atoms with van der Waals surface area (Å²) in [6.45, 7) is 4.86. The third kappa shape index (κ3) is 4.66. The molecule has 0 radical (unpaired) electrons. The van der Waals surface area contributed by atoms with E-state index in [-0.39, 0.29) is 41.2 Å². The van der Waals surface area contributed by atoms with E-state index in [2.05, 4.69) is 25.4 Å². The summed E-state index contributed by atoms with van der Waals surface area (Å²) in [4.78, 5) is 38.3. The Balaban J connectivity index is 1.38. The lowest BCUT2D eigenvalue weighted by molar-refractivity contribution is -0.147. The van der Waals surface area contributed by atoms with E-state index >= 15 is 0 Å². The van der Waals surface area contributed by atoms with Gasteiger partial charge in [-0.3, -0.25) is 14.3 Å². The number of nitrogens with one attached hydrogen (secondary N) is 1. The largest absolute Gasteiger partial charge is 0.481 e. The average Bonchev–Trinajstić information content (AvgIpc) is 3.64. The first kappa shape index (κ1) is 27.9. The third-order valence-electron chi connectivity index (χ3n) is 7.89. The highest BCUT2D eigenvalue weighted by Crippen LogP contribution is 2.45. The van der Waals surface area contributed by atoms with E-state index in [0.29, 0.717) is 35.0 Å². The lowest BCUT2D eigenvalue weighted by Gasteiger charge is -2.19. The number of fused-ring (bicyclic) bond motifs is 2. The monoisotopic (exact) mass is 587 g/mol. The Kier molecular flexibility index (Phi) is 6.48. The number of carbonyl (C=O) groups excluding carboxylic acids is 1. The van der Waals surface area contributed by atoms with Gasteiger partial charge in [-0.05, 0) is 57.9 Å². The molecule has 220 valence electrons. The molecule has 1 aliphatic rings. The lowest BCUT2D eigenvalue weighted by Crippen LogP contribution is -2.33. The topological polar surface area (TPSA) is 162 Å². The number of aryl methyl sites for hydroxylation is 1. The fraction of sp³-hybridized carbons (Fsp3) is 0.267. The van der Waals surface area contributed by atoms with Gasteiger partial charge in [-0.15, -0.1) is 0 Å². The Hall–Kier alpha value is -5.20. The van der Waals surface area contributed by atoms with E-state index in [1.54, 1.807) is 39.0 Å². The van der Waals surface area contributed by atoms with E-state index in [4.69, 9.17) is 10.2 Å². The standard InChI is InChI=1S/C30H27F2N7O4/c1-29(2,28(41)42)11-10-17-14-43-27(34-17)30(3)21-23(33)35-25(36-24(21)37-26(30)40)22-18-9-8-16(31)12-20(18)39(38-22)13-15-6-4-5-7-19(15)32/h4-9,12,14H,10-11,13H2,1-3H3,(H,41,42)(H3,33,35,36,37,40). The highest BCUT2D eigenvalue weighted by Gasteiger charge is 2.51. The van der Waals surface area contributed by atoms with Gasteiger partial charge in [0.2, 0.25) is 11.8 Å². The summed E-state index contributed by atoms with van der Waals surface area (Å²) in [5, 5.41) is 17.2. The first-order valence-corrected chi connectivity index (χ1v) is 13.5. The van der Waals surface area contributed by atoms with Crippen molar-refractivity contribution >= 4 is 34.4 Å². The van der Waals surface area contributed by atoms with Crippen LogP contribution in [0.5, 0.6) is 0 Å². The molecule has 6 rings (SSSR count). The second-order valence-corrected chi connectivity index (χ2v) is 11.3. The van der Waals surface area contributed by atoms with Gasteiger partial charge in [0, 0.05) is 10.9 Å². The van der Waals surface area contributed by atoms with Gasteiger partial charge < -0.3 is 20.6 Å². The van der Waals surface area contributed by atoms with E-state index in [0.717, 1.165) is 0 Å². The molecular weight excluding hydrogens is 560 g/mol. The zero-order valence-electron chi connectivity index (χ0n) is 23.5. The van der Waals surface area contributed by atoms with Crippen molar-refractivity contribution in [2.75, 3.05) is 11.1 Å². The molecule has 2 aromatic carbocycles. The summed E-state index contributed by atoms with van der Waals surface area (Å²) in [7, 11) is 0. The summed E-state index contributed by atoms with van der Waals surface area (Å²) < 4.78 is 35.9. The minimum atomic E-state index is -1.46. The molecule has 13 heteroatoms. The molecule has 0 fully saturated rings. The molecule has 0 bridgehead atoms. The van der Waals surface area contributed by atoms with E-state index < -0.39 is 34.3 Å². The smallest absolute Gasteiger partial charge is 0.309 e. The molecule has 0 spiro atoms. The summed E-state index contributed by atoms with van der Waals surface area (Å²) in [5.41, 5.74) is 5.78. The summed E-state index contributed by atoms with van der Waals surface area (Å²) >= 11 is 0. The molecule has 1 atom stereocenters. The number of halogens is 2. The van der Waals surface area contributed by atoms with Crippen LogP contribution in [-0.2, 0) is 28.0 Å². The van der Waals surface area contributed by atoms with Crippen LogP contribution >= 0.6 is 0 Å². The molecule has 0 saturated carbocycles. The maximum absolute atomic E-state index is 14.4. The molecule has 4 N–H and O–H groups in total. The first-order chi connectivity index (χ1) is 20.4. The molecule has 0 aliphatic carbocycles. The third-order valence-corrected chi connectivity index (χ3v) is 7.89. The number of carbonyl (C=O) groups is 2. The van der Waals surface area contributed by atoms with Gasteiger partial charge in [-0.25, -0.2) is 23.7 Å². The molecule has 1 aliphatic heterocycles. The van der Waals surface area contributed by atoms with Crippen molar-refractivity contribution in [3.8, 4) is 11.5 Å². The Morgan fingerprint density at radius 1 is 1.16 bits per heavy atom. The number of oxazole rings is 1. The number of carboxylic acid groups (broad SMARTS) is 1. The molecular formula is C30H27F2N7O4. The summed E-state index contributed by atoms with van der Waals surface area (Å²) in [6.07, 6.45) is 2.02. The Bertz CT molecular complexity index is 1930. The fourth-order valence-electron chi connectivity index (χ4n) is 5.14. The Labute approximate surface area is 243 Å². The Morgan fingerprint density at radius 3 is 2.67 bits per heavy atom. The maximum Gasteiger partial charge on any atom is 0.309 e. The number of nitrogen functional groups attached to an aromatic ring is 1. The van der Waals surface area contributed by atoms with Crippen LogP contribution in [0.15, 0.2) is 53.1 Å². The van der Waals surface area contributed by atoms with Crippen molar-refractivity contribution in [3.63, 3.8) is 0 Å². The second-order valence-electron chi connectivity index (χ2n) is 11.3. The van der Waals surface area contributed by atoms with Crippen LogP contribution in [0.3, 0.4) is 0 Å². The van der Waals surface area contributed by atoms with Crippen LogP contribution in [0, 0.1) is 17.0 Å². The van der Waals surface area contributed by atoms with Crippen LogP contribution in [0.1, 0.15) is 49.9 Å². The number of benzene rings is 2. The fourth-order valence-corrected chi connectivity index (χ4v) is 5.14.